The largest absolute Gasteiger partial charge is 0.0622 e. The van der Waals surface area contributed by atoms with E-state index in [1.54, 1.807) is 0 Å². The van der Waals surface area contributed by atoms with Crippen molar-refractivity contribution in [2.75, 3.05) is 0 Å². The second-order valence-corrected chi connectivity index (χ2v) is 9.11. The molecule has 0 saturated carbocycles. The Morgan fingerprint density at radius 2 is 0.900 bits per heavy atom. The van der Waals surface area contributed by atoms with Crippen LogP contribution in [0.15, 0.2) is 109 Å². The Hall–Kier alpha value is -3.12. The van der Waals surface area contributed by atoms with Crippen LogP contribution in [-0.4, -0.2) is 0 Å². The van der Waals surface area contributed by atoms with Crippen LogP contribution in [0.3, 0.4) is 0 Å². The van der Waals surface area contributed by atoms with Gasteiger partial charge in [-0.05, 0) is 33.4 Å². The van der Waals surface area contributed by atoms with E-state index < -0.39 is 0 Å². The molecule has 0 unspecified atom stereocenters. The van der Waals surface area contributed by atoms with Crippen LogP contribution in [0.4, 0.5) is 0 Å². The lowest BCUT2D eigenvalue weighted by Crippen LogP contribution is -2.23. The van der Waals surface area contributed by atoms with E-state index >= 15 is 0 Å². The summed E-state index contributed by atoms with van der Waals surface area (Å²) in [4.78, 5) is 0. The molecule has 0 aliphatic carbocycles. The molecular weight excluding hydrogens is 360 g/mol. The molecule has 0 aliphatic rings. The van der Waals surface area contributed by atoms with E-state index in [4.69, 9.17) is 0 Å². The molecule has 0 nitrogen and oxygen atoms in total. The molecule has 0 atom stereocenters. The van der Waals surface area contributed by atoms with Crippen LogP contribution >= 0.6 is 0 Å². The van der Waals surface area contributed by atoms with Crippen LogP contribution < -0.4 is 0 Å². The van der Waals surface area contributed by atoms with E-state index in [9.17, 15) is 0 Å². The maximum absolute atomic E-state index is 2.43. The van der Waals surface area contributed by atoms with Crippen molar-refractivity contribution in [1.29, 1.82) is 0 Å². The van der Waals surface area contributed by atoms with Crippen molar-refractivity contribution in [3.63, 3.8) is 0 Å². The summed E-state index contributed by atoms with van der Waals surface area (Å²) in [6, 6.07) is 39.4. The lowest BCUT2D eigenvalue weighted by molar-refractivity contribution is 0.619. The molecule has 0 bridgehead atoms. The molecule has 0 aliphatic heterocycles. The first-order valence-electron chi connectivity index (χ1n) is 10.7. The van der Waals surface area contributed by atoms with E-state index in [0.717, 1.165) is 0 Å². The predicted octanol–water partition coefficient (Wildman–Crippen LogP) is 8.01. The normalized spacial score (nSPS) is 12.0. The quantitative estimate of drug-likeness (QED) is 0.324. The molecule has 0 spiro atoms. The van der Waals surface area contributed by atoms with Crippen molar-refractivity contribution in [3.8, 4) is 11.1 Å². The highest BCUT2D eigenvalue weighted by Crippen LogP contribution is 2.41. The zero-order chi connectivity index (χ0) is 21.2. The Morgan fingerprint density at radius 1 is 0.433 bits per heavy atom. The standard InChI is InChI=1S/C30H30/c1-29(2,24-16-10-6-11-17-24)26-20-21-27(23-14-8-5-9-15-23)28(22-26)30(3,4)25-18-12-7-13-19-25/h5-22H,1-4H3. The van der Waals surface area contributed by atoms with Gasteiger partial charge in [-0.25, -0.2) is 0 Å². The first-order valence-corrected chi connectivity index (χ1v) is 10.7. The van der Waals surface area contributed by atoms with Crippen molar-refractivity contribution >= 4 is 0 Å². The van der Waals surface area contributed by atoms with Crippen LogP contribution in [0.2, 0.25) is 0 Å². The van der Waals surface area contributed by atoms with Gasteiger partial charge in [0.05, 0.1) is 0 Å². The van der Waals surface area contributed by atoms with Crippen LogP contribution in [0.25, 0.3) is 11.1 Å². The molecule has 0 heteroatoms. The highest BCUT2D eigenvalue weighted by molar-refractivity contribution is 5.71. The van der Waals surface area contributed by atoms with Gasteiger partial charge in [-0.1, -0.05) is 137 Å². The summed E-state index contributed by atoms with van der Waals surface area (Å²) in [6.07, 6.45) is 0. The number of hydrogen-bond donors (Lipinski definition) is 0. The summed E-state index contributed by atoms with van der Waals surface area (Å²) in [5, 5.41) is 0. The minimum absolute atomic E-state index is 0.0714. The van der Waals surface area contributed by atoms with E-state index in [0.29, 0.717) is 0 Å². The maximum Gasteiger partial charge on any atom is 0.0152 e. The Balaban J connectivity index is 1.92. The van der Waals surface area contributed by atoms with E-state index in [-0.39, 0.29) is 10.8 Å². The Morgan fingerprint density at radius 3 is 1.43 bits per heavy atom. The van der Waals surface area contributed by atoms with Crippen molar-refractivity contribution in [2.45, 2.75) is 38.5 Å². The van der Waals surface area contributed by atoms with Crippen LogP contribution in [-0.2, 0) is 10.8 Å². The monoisotopic (exact) mass is 390 g/mol. The molecule has 0 fully saturated rings. The minimum atomic E-state index is -0.116. The molecule has 4 rings (SSSR count). The highest BCUT2D eigenvalue weighted by atomic mass is 14.3. The van der Waals surface area contributed by atoms with Gasteiger partial charge in [-0.15, -0.1) is 0 Å². The fourth-order valence-corrected chi connectivity index (χ4v) is 4.35. The molecule has 4 aromatic rings. The molecule has 0 N–H and O–H groups in total. The van der Waals surface area contributed by atoms with Gasteiger partial charge in [-0.2, -0.15) is 0 Å². The molecule has 30 heavy (non-hydrogen) atoms. The first kappa shape index (κ1) is 20.2. The topological polar surface area (TPSA) is 0 Å². The van der Waals surface area contributed by atoms with Crippen molar-refractivity contribution in [2.24, 2.45) is 0 Å². The molecule has 150 valence electrons. The molecule has 4 aromatic carbocycles. The summed E-state index contributed by atoms with van der Waals surface area (Å²) in [7, 11) is 0. The number of hydrogen-bond acceptors (Lipinski definition) is 0. The third kappa shape index (κ3) is 3.71. The van der Waals surface area contributed by atoms with Crippen LogP contribution in [0, 0.1) is 0 Å². The Labute approximate surface area is 181 Å². The highest BCUT2D eigenvalue weighted by Gasteiger charge is 2.30. The lowest BCUT2D eigenvalue weighted by atomic mass is 9.71. The van der Waals surface area contributed by atoms with Crippen molar-refractivity contribution in [1.82, 2.24) is 0 Å². The molecule has 0 saturated heterocycles. The minimum Gasteiger partial charge on any atom is -0.0622 e. The van der Waals surface area contributed by atoms with Gasteiger partial charge in [0.25, 0.3) is 0 Å². The summed E-state index contributed by atoms with van der Waals surface area (Å²) >= 11 is 0. The predicted molar refractivity (Wildman–Crippen MR) is 129 cm³/mol. The summed E-state index contributed by atoms with van der Waals surface area (Å²) in [5.41, 5.74) is 7.75. The van der Waals surface area contributed by atoms with E-state index in [2.05, 4.69) is 137 Å². The van der Waals surface area contributed by atoms with Crippen molar-refractivity contribution < 1.29 is 0 Å². The second-order valence-electron chi connectivity index (χ2n) is 9.11. The van der Waals surface area contributed by atoms with Gasteiger partial charge < -0.3 is 0 Å². The van der Waals surface area contributed by atoms with Gasteiger partial charge in [0, 0.05) is 10.8 Å². The molecule has 0 heterocycles. The van der Waals surface area contributed by atoms with E-state index in [1.165, 1.54) is 33.4 Å². The van der Waals surface area contributed by atoms with Crippen LogP contribution in [0.5, 0.6) is 0 Å². The van der Waals surface area contributed by atoms with Crippen LogP contribution in [0.1, 0.15) is 49.9 Å². The average Bonchev–Trinajstić information content (AvgIpc) is 2.80. The van der Waals surface area contributed by atoms with Gasteiger partial charge >= 0.3 is 0 Å². The van der Waals surface area contributed by atoms with Gasteiger partial charge in [0.2, 0.25) is 0 Å². The van der Waals surface area contributed by atoms with Gasteiger partial charge in [-0.3, -0.25) is 0 Å². The molecular formula is C30H30. The Bertz CT molecular complexity index is 1100. The zero-order valence-corrected chi connectivity index (χ0v) is 18.4. The maximum atomic E-state index is 2.43. The zero-order valence-electron chi connectivity index (χ0n) is 18.4. The van der Waals surface area contributed by atoms with E-state index in [1.807, 2.05) is 0 Å². The molecule has 0 aromatic heterocycles. The summed E-state index contributed by atoms with van der Waals surface area (Å²) in [5.74, 6) is 0. The third-order valence-electron chi connectivity index (χ3n) is 6.49. The Kier molecular flexibility index (Phi) is 5.35. The van der Waals surface area contributed by atoms with Gasteiger partial charge in [0.1, 0.15) is 0 Å². The smallest absolute Gasteiger partial charge is 0.0152 e. The molecule has 0 radical (unpaired) electrons. The third-order valence-corrected chi connectivity index (χ3v) is 6.49. The second kappa shape index (κ2) is 7.95. The molecule has 0 amide bonds. The van der Waals surface area contributed by atoms with Gasteiger partial charge in [0.15, 0.2) is 0 Å². The first-order chi connectivity index (χ1) is 14.4. The average molecular weight is 391 g/mol. The van der Waals surface area contributed by atoms with Crippen molar-refractivity contribution in [3.05, 3.63) is 131 Å². The fourth-order valence-electron chi connectivity index (χ4n) is 4.35. The number of rotatable bonds is 5. The fraction of sp³-hybridized carbons (Fsp3) is 0.200. The SMILES string of the molecule is CC(C)(c1ccccc1)c1ccc(-c2ccccc2)c(C(C)(C)c2ccccc2)c1. The number of benzene rings is 4. The summed E-state index contributed by atoms with van der Waals surface area (Å²) in [6.45, 7) is 9.31. The summed E-state index contributed by atoms with van der Waals surface area (Å²) < 4.78 is 0. The lowest BCUT2D eigenvalue weighted by Gasteiger charge is -2.33.